The smallest absolute Gasteiger partial charge is 0.471 e. The zero-order chi connectivity index (χ0) is 41.3. The van der Waals surface area contributed by atoms with Crippen molar-refractivity contribution < 1.29 is 60.8 Å². The summed E-state index contributed by atoms with van der Waals surface area (Å²) in [7, 11) is 8.61. The van der Waals surface area contributed by atoms with E-state index in [4.69, 9.17) is 28.4 Å². The Kier molecular flexibility index (Phi) is 17.4. The second-order valence-corrected chi connectivity index (χ2v) is 12.1. The number of halogens is 3. The molecule has 17 heteroatoms. The molecule has 2 N–H and O–H groups in total. The minimum atomic E-state index is -5.03. The Balaban J connectivity index is 1.77. The normalized spacial score (nSPS) is 10.9. The highest BCUT2D eigenvalue weighted by Gasteiger charge is 2.38. The second-order valence-electron chi connectivity index (χ2n) is 12.1. The Labute approximate surface area is 324 Å². The summed E-state index contributed by atoms with van der Waals surface area (Å²) < 4.78 is 70.6. The van der Waals surface area contributed by atoms with Crippen molar-refractivity contribution in [3.05, 3.63) is 71.3 Å². The van der Waals surface area contributed by atoms with E-state index in [0.29, 0.717) is 36.5 Å². The number of benzene rings is 3. The van der Waals surface area contributed by atoms with Gasteiger partial charge in [-0.25, -0.2) is 0 Å². The molecular weight excluding hydrogens is 741 g/mol. The van der Waals surface area contributed by atoms with Gasteiger partial charge in [0.2, 0.25) is 0 Å². The number of ether oxygens (including phenoxy) is 6. The highest BCUT2D eigenvalue weighted by atomic mass is 19.4. The summed E-state index contributed by atoms with van der Waals surface area (Å²) in [5, 5.41) is 4.69. The van der Waals surface area contributed by atoms with Gasteiger partial charge in [-0.2, -0.15) is 13.2 Å². The van der Waals surface area contributed by atoms with Crippen LogP contribution < -0.4 is 39.1 Å². The Morgan fingerprint density at radius 1 is 0.518 bits per heavy atom. The molecule has 0 aliphatic rings. The van der Waals surface area contributed by atoms with E-state index >= 15 is 0 Å². The molecule has 0 fully saturated rings. The average molecular weight is 791 g/mol. The minimum absolute atomic E-state index is 0.0127. The quantitative estimate of drug-likeness (QED) is 0.133. The maximum Gasteiger partial charge on any atom is 0.471 e. The van der Waals surface area contributed by atoms with E-state index in [1.54, 1.807) is 59.5 Å². The van der Waals surface area contributed by atoms with Crippen LogP contribution in [0.4, 0.5) is 13.2 Å². The molecule has 0 aliphatic heterocycles. The summed E-state index contributed by atoms with van der Waals surface area (Å²) in [4.78, 5) is 55.3. The minimum Gasteiger partial charge on any atom is -0.493 e. The molecule has 0 aliphatic carbocycles. The van der Waals surface area contributed by atoms with Crippen molar-refractivity contribution in [3.63, 3.8) is 0 Å². The molecule has 0 radical (unpaired) electrons. The lowest BCUT2D eigenvalue weighted by Gasteiger charge is -2.26. The van der Waals surface area contributed by atoms with E-state index in [2.05, 4.69) is 5.32 Å². The van der Waals surface area contributed by atoms with Gasteiger partial charge in [-0.15, -0.1) is 0 Å². The fourth-order valence-corrected chi connectivity index (χ4v) is 5.89. The molecule has 0 saturated heterocycles. The number of nitrogens with zero attached hydrogens (tertiary/aromatic N) is 2. The van der Waals surface area contributed by atoms with Gasteiger partial charge in [0, 0.05) is 39.3 Å². The van der Waals surface area contributed by atoms with Crippen molar-refractivity contribution in [3.8, 4) is 34.5 Å². The van der Waals surface area contributed by atoms with Crippen LogP contribution in [0.1, 0.15) is 56.8 Å². The molecule has 0 bridgehead atoms. The average Bonchev–Trinajstić information content (AvgIpc) is 3.21. The van der Waals surface area contributed by atoms with Crippen LogP contribution in [0.15, 0.2) is 54.6 Å². The number of carbonyl (C=O) groups excluding carboxylic acids is 4. The first-order chi connectivity index (χ1) is 26.9. The number of hydrogen-bond acceptors (Lipinski definition) is 10. The van der Waals surface area contributed by atoms with Gasteiger partial charge in [-0.3, -0.25) is 19.2 Å². The van der Waals surface area contributed by atoms with Gasteiger partial charge in [0.15, 0.2) is 34.5 Å². The Morgan fingerprint density at radius 2 is 0.875 bits per heavy atom. The van der Waals surface area contributed by atoms with Gasteiger partial charge in [-0.1, -0.05) is 18.2 Å². The van der Waals surface area contributed by atoms with Crippen molar-refractivity contribution in [2.75, 3.05) is 81.9 Å². The molecule has 0 unspecified atom stereocenters. The molecule has 4 amide bonds. The van der Waals surface area contributed by atoms with Gasteiger partial charge in [-0.05, 0) is 62.1 Å². The molecular formula is C39H49F3N4O10. The molecule has 0 saturated carbocycles. The molecule has 0 atom stereocenters. The molecule has 3 rings (SSSR count). The third-order valence-corrected chi connectivity index (χ3v) is 8.63. The van der Waals surface area contributed by atoms with Crippen LogP contribution in [0.3, 0.4) is 0 Å². The standard InChI is InChI=1S/C39H49F3N4O10/c1-51-29-17-9-14-26(32(29)54-4)35(47)43-20-12-24-45(36(48)27-15-10-18-30(52-2)33(27)55-5)22-7-8-23-46(25-13-21-44-38(50)39(40,41)42)37(49)28-16-11-19-31(53-3)34(28)56-6/h9-11,14-19H,7-8,12-13,20-25H2,1-6H3,(H,43,47)(H,44,50). The van der Waals surface area contributed by atoms with Crippen LogP contribution >= 0.6 is 0 Å². The molecule has 3 aromatic carbocycles. The number of para-hydroxylation sites is 3. The number of rotatable bonds is 22. The number of carbonyl (C=O) groups is 4. The Hall–Kier alpha value is -5.87. The third kappa shape index (κ3) is 11.8. The summed E-state index contributed by atoms with van der Waals surface area (Å²) in [6.45, 7) is 0.547. The fraction of sp³-hybridized carbons (Fsp3) is 0.436. The predicted octanol–water partition coefficient (Wildman–Crippen LogP) is 4.99. The SMILES string of the molecule is COc1cccc(C(=O)NCCCN(CCCCN(CCCNC(=O)C(F)(F)F)C(=O)c2cccc(OC)c2OC)C(=O)c2cccc(OC)c2OC)c1OC. The first-order valence-corrected chi connectivity index (χ1v) is 17.7. The number of methoxy groups -OCH3 is 6. The van der Waals surface area contributed by atoms with Gasteiger partial charge < -0.3 is 48.9 Å². The first-order valence-electron chi connectivity index (χ1n) is 17.7. The zero-order valence-corrected chi connectivity index (χ0v) is 32.4. The maximum atomic E-state index is 14.0. The second kappa shape index (κ2) is 21.9. The van der Waals surface area contributed by atoms with Gasteiger partial charge in [0.05, 0.1) is 59.3 Å². The van der Waals surface area contributed by atoms with Crippen molar-refractivity contribution in [2.45, 2.75) is 31.9 Å². The number of alkyl halides is 3. The van der Waals surface area contributed by atoms with Gasteiger partial charge in [0.1, 0.15) is 0 Å². The largest absolute Gasteiger partial charge is 0.493 e. The Morgan fingerprint density at radius 3 is 1.25 bits per heavy atom. The number of hydrogen-bond donors (Lipinski definition) is 2. The van der Waals surface area contributed by atoms with E-state index in [1.807, 2.05) is 5.32 Å². The number of unbranched alkanes of at least 4 members (excludes halogenated alkanes) is 1. The van der Waals surface area contributed by atoms with Crippen molar-refractivity contribution >= 4 is 23.6 Å². The Bertz CT molecular complexity index is 1790. The fourth-order valence-electron chi connectivity index (χ4n) is 5.89. The van der Waals surface area contributed by atoms with Crippen LogP contribution in [0, 0.1) is 0 Å². The van der Waals surface area contributed by atoms with E-state index in [9.17, 15) is 32.3 Å². The summed E-state index contributed by atoms with van der Waals surface area (Å²) in [5.41, 5.74) is 0.732. The lowest BCUT2D eigenvalue weighted by atomic mass is 10.1. The van der Waals surface area contributed by atoms with E-state index < -0.39 is 18.0 Å². The molecule has 306 valence electrons. The van der Waals surface area contributed by atoms with Crippen LogP contribution in [-0.2, 0) is 4.79 Å². The molecule has 14 nitrogen and oxygen atoms in total. The lowest BCUT2D eigenvalue weighted by Crippen LogP contribution is -2.39. The third-order valence-electron chi connectivity index (χ3n) is 8.63. The van der Waals surface area contributed by atoms with E-state index in [-0.39, 0.29) is 91.4 Å². The van der Waals surface area contributed by atoms with Crippen molar-refractivity contribution in [1.82, 2.24) is 20.4 Å². The van der Waals surface area contributed by atoms with E-state index in [0.717, 1.165) is 0 Å². The summed E-state index contributed by atoms with van der Waals surface area (Å²) in [6.07, 6.45) is -3.82. The van der Waals surface area contributed by atoms with Crippen molar-refractivity contribution in [2.24, 2.45) is 0 Å². The lowest BCUT2D eigenvalue weighted by molar-refractivity contribution is -0.173. The zero-order valence-electron chi connectivity index (χ0n) is 32.4. The monoisotopic (exact) mass is 790 g/mol. The summed E-state index contributed by atoms with van der Waals surface area (Å²) in [6, 6.07) is 14.7. The topological polar surface area (TPSA) is 154 Å². The van der Waals surface area contributed by atoms with Gasteiger partial charge >= 0.3 is 12.1 Å². The molecule has 0 heterocycles. The van der Waals surface area contributed by atoms with Crippen molar-refractivity contribution in [1.29, 1.82) is 0 Å². The maximum absolute atomic E-state index is 14.0. The van der Waals surface area contributed by atoms with Crippen LogP contribution in [0.5, 0.6) is 34.5 Å². The molecule has 0 spiro atoms. The number of amides is 4. The van der Waals surface area contributed by atoms with Crippen LogP contribution in [0.25, 0.3) is 0 Å². The number of nitrogens with one attached hydrogen (secondary N) is 2. The highest BCUT2D eigenvalue weighted by Crippen LogP contribution is 2.33. The molecule has 56 heavy (non-hydrogen) atoms. The van der Waals surface area contributed by atoms with Gasteiger partial charge in [0.25, 0.3) is 17.7 Å². The summed E-state index contributed by atoms with van der Waals surface area (Å²) >= 11 is 0. The molecule has 3 aromatic rings. The first kappa shape index (κ1) is 44.5. The predicted molar refractivity (Wildman–Crippen MR) is 200 cm³/mol. The van der Waals surface area contributed by atoms with Crippen LogP contribution in [0.2, 0.25) is 0 Å². The highest BCUT2D eigenvalue weighted by molar-refractivity contribution is 5.99. The van der Waals surface area contributed by atoms with E-state index in [1.165, 1.54) is 47.6 Å². The summed E-state index contributed by atoms with van der Waals surface area (Å²) in [5.74, 6) is -1.44. The van der Waals surface area contributed by atoms with Crippen LogP contribution in [-0.4, -0.2) is 122 Å². The molecule has 0 aromatic heterocycles.